The van der Waals surface area contributed by atoms with Crippen molar-refractivity contribution in [3.05, 3.63) is 29.3 Å². The van der Waals surface area contributed by atoms with Crippen molar-refractivity contribution in [2.75, 3.05) is 25.0 Å². The molecule has 1 heterocycles. The van der Waals surface area contributed by atoms with Crippen LogP contribution in [0.1, 0.15) is 37.8 Å². The number of nitrogens with zero attached hydrogens (tertiary/aromatic N) is 2. The van der Waals surface area contributed by atoms with Crippen LogP contribution in [-0.2, 0) is 0 Å². The quantitative estimate of drug-likeness (QED) is 0.435. The molecule has 130 valence electrons. The average Bonchev–Trinajstić information content (AvgIpc) is 2.49. The molecule has 1 saturated heterocycles. The highest BCUT2D eigenvalue weighted by molar-refractivity contribution is 14.0. The van der Waals surface area contributed by atoms with Gasteiger partial charge in [-0.3, -0.25) is 9.89 Å². The Hall–Kier alpha value is -0.820. The van der Waals surface area contributed by atoms with Crippen LogP contribution in [0.25, 0.3) is 0 Å². The molecule has 0 bridgehead atoms. The number of halogens is 1. The van der Waals surface area contributed by atoms with Crippen LogP contribution in [0.5, 0.6) is 0 Å². The first-order valence-electron chi connectivity index (χ1n) is 8.34. The van der Waals surface area contributed by atoms with Gasteiger partial charge in [-0.25, -0.2) is 0 Å². The number of nitrogens with one attached hydrogen (secondary N) is 1. The Morgan fingerprint density at radius 3 is 2.57 bits per heavy atom. The zero-order chi connectivity index (χ0) is 16.1. The van der Waals surface area contributed by atoms with Crippen LogP contribution in [0.2, 0.25) is 0 Å². The minimum absolute atomic E-state index is 0. The van der Waals surface area contributed by atoms with E-state index in [0.29, 0.717) is 12.0 Å². The van der Waals surface area contributed by atoms with Crippen LogP contribution < -0.4 is 11.1 Å². The van der Waals surface area contributed by atoms with Gasteiger partial charge in [0.1, 0.15) is 0 Å². The standard InChI is InChI=1S/C18H30N4.HI/c1-13-7-9-22(10-8-13)16(4)12-20-18(19)21-17-6-5-14(2)15(3)11-17;/h5-6,11,13,16H,7-10,12H2,1-4H3,(H3,19,20,21);1H. The van der Waals surface area contributed by atoms with Crippen molar-refractivity contribution in [1.29, 1.82) is 0 Å². The highest BCUT2D eigenvalue weighted by atomic mass is 127. The molecular formula is C18H31IN4. The van der Waals surface area contributed by atoms with Crippen molar-refractivity contribution >= 4 is 35.6 Å². The third kappa shape index (κ3) is 6.30. The van der Waals surface area contributed by atoms with Crippen molar-refractivity contribution in [3.63, 3.8) is 0 Å². The number of aryl methyl sites for hydroxylation is 2. The Kier molecular flexibility index (Phi) is 8.33. The van der Waals surface area contributed by atoms with Gasteiger partial charge in [0.05, 0.1) is 6.54 Å². The molecular weight excluding hydrogens is 399 g/mol. The summed E-state index contributed by atoms with van der Waals surface area (Å²) in [7, 11) is 0. The van der Waals surface area contributed by atoms with Gasteiger partial charge in [-0.1, -0.05) is 13.0 Å². The zero-order valence-corrected chi connectivity index (χ0v) is 17.1. The molecule has 0 aromatic heterocycles. The van der Waals surface area contributed by atoms with Gasteiger partial charge in [-0.2, -0.15) is 0 Å². The Labute approximate surface area is 157 Å². The third-order valence-corrected chi connectivity index (χ3v) is 4.75. The second-order valence-electron chi connectivity index (χ2n) is 6.72. The molecule has 0 saturated carbocycles. The summed E-state index contributed by atoms with van der Waals surface area (Å²) in [5.41, 5.74) is 9.56. The minimum Gasteiger partial charge on any atom is -0.370 e. The highest BCUT2D eigenvalue weighted by Gasteiger charge is 2.19. The maximum atomic E-state index is 6.01. The number of nitrogens with two attached hydrogens (primary N) is 1. The van der Waals surface area contributed by atoms with E-state index < -0.39 is 0 Å². The van der Waals surface area contributed by atoms with Crippen LogP contribution in [0.4, 0.5) is 5.69 Å². The number of aliphatic imine (C=N–C) groups is 1. The molecule has 4 nitrogen and oxygen atoms in total. The van der Waals surface area contributed by atoms with E-state index in [1.807, 2.05) is 6.07 Å². The monoisotopic (exact) mass is 430 g/mol. The average molecular weight is 430 g/mol. The van der Waals surface area contributed by atoms with Gasteiger partial charge in [-0.05, 0) is 75.9 Å². The first-order valence-corrected chi connectivity index (χ1v) is 8.34. The van der Waals surface area contributed by atoms with Crippen molar-refractivity contribution in [2.24, 2.45) is 16.6 Å². The fraction of sp³-hybridized carbons (Fsp3) is 0.611. The van der Waals surface area contributed by atoms with Gasteiger partial charge in [0.25, 0.3) is 0 Å². The summed E-state index contributed by atoms with van der Waals surface area (Å²) in [6.45, 7) is 11.9. The van der Waals surface area contributed by atoms with Gasteiger partial charge in [0.2, 0.25) is 0 Å². The summed E-state index contributed by atoms with van der Waals surface area (Å²) in [5, 5.41) is 3.18. The molecule has 0 radical (unpaired) electrons. The second-order valence-corrected chi connectivity index (χ2v) is 6.72. The van der Waals surface area contributed by atoms with E-state index in [-0.39, 0.29) is 24.0 Å². The van der Waals surface area contributed by atoms with E-state index in [4.69, 9.17) is 5.73 Å². The van der Waals surface area contributed by atoms with Gasteiger partial charge in [0, 0.05) is 11.7 Å². The molecule has 1 aliphatic rings. The predicted molar refractivity (Wildman–Crippen MR) is 111 cm³/mol. The Morgan fingerprint density at radius 1 is 1.30 bits per heavy atom. The van der Waals surface area contributed by atoms with Crippen LogP contribution in [-0.4, -0.2) is 36.5 Å². The normalized spacial score (nSPS) is 18.3. The maximum Gasteiger partial charge on any atom is 0.193 e. The first kappa shape index (κ1) is 20.2. The number of hydrogen-bond acceptors (Lipinski definition) is 2. The number of rotatable bonds is 4. The van der Waals surface area contributed by atoms with Gasteiger partial charge in [0.15, 0.2) is 5.96 Å². The fourth-order valence-electron chi connectivity index (χ4n) is 2.82. The van der Waals surface area contributed by atoms with Gasteiger partial charge in [-0.15, -0.1) is 24.0 Å². The maximum absolute atomic E-state index is 6.01. The number of guanidine groups is 1. The summed E-state index contributed by atoms with van der Waals surface area (Å²) in [6, 6.07) is 6.70. The second kappa shape index (κ2) is 9.47. The largest absolute Gasteiger partial charge is 0.370 e. The molecule has 0 spiro atoms. The van der Waals surface area contributed by atoms with E-state index >= 15 is 0 Å². The van der Waals surface area contributed by atoms with E-state index in [9.17, 15) is 0 Å². The molecule has 1 fully saturated rings. The molecule has 1 aromatic rings. The fourth-order valence-corrected chi connectivity index (χ4v) is 2.82. The van der Waals surface area contributed by atoms with Crippen LogP contribution in [0.15, 0.2) is 23.2 Å². The lowest BCUT2D eigenvalue weighted by molar-refractivity contribution is 0.150. The topological polar surface area (TPSA) is 53.6 Å². The molecule has 3 N–H and O–H groups in total. The van der Waals surface area contributed by atoms with Crippen molar-refractivity contribution in [2.45, 2.75) is 46.6 Å². The lowest BCUT2D eigenvalue weighted by Gasteiger charge is -2.34. The number of piperidine rings is 1. The zero-order valence-electron chi connectivity index (χ0n) is 14.8. The number of benzene rings is 1. The summed E-state index contributed by atoms with van der Waals surface area (Å²) in [6.07, 6.45) is 2.59. The SMILES string of the molecule is Cc1ccc(NC(N)=NCC(C)N2CCC(C)CC2)cc1C.I. The number of anilines is 1. The van der Waals surface area contributed by atoms with Crippen molar-refractivity contribution < 1.29 is 0 Å². The van der Waals surface area contributed by atoms with Crippen LogP contribution in [0.3, 0.4) is 0 Å². The lowest BCUT2D eigenvalue weighted by Crippen LogP contribution is -2.41. The third-order valence-electron chi connectivity index (χ3n) is 4.75. The number of hydrogen-bond donors (Lipinski definition) is 2. The molecule has 2 rings (SSSR count). The molecule has 1 aliphatic heterocycles. The van der Waals surface area contributed by atoms with Crippen LogP contribution >= 0.6 is 24.0 Å². The van der Waals surface area contributed by atoms with Crippen molar-refractivity contribution in [1.82, 2.24) is 4.90 Å². The predicted octanol–water partition coefficient (Wildman–Crippen LogP) is 3.77. The Bertz CT molecular complexity index is 522. The summed E-state index contributed by atoms with van der Waals surface area (Å²) < 4.78 is 0. The van der Waals surface area contributed by atoms with E-state index in [0.717, 1.165) is 18.2 Å². The van der Waals surface area contributed by atoms with Gasteiger partial charge < -0.3 is 11.1 Å². The Balaban J connectivity index is 0.00000264. The van der Waals surface area contributed by atoms with E-state index in [1.165, 1.54) is 37.1 Å². The lowest BCUT2D eigenvalue weighted by atomic mass is 9.98. The van der Waals surface area contributed by atoms with Crippen LogP contribution in [0, 0.1) is 19.8 Å². The molecule has 0 amide bonds. The smallest absolute Gasteiger partial charge is 0.193 e. The summed E-state index contributed by atoms with van der Waals surface area (Å²) in [5.74, 6) is 1.36. The Morgan fingerprint density at radius 2 is 1.96 bits per heavy atom. The summed E-state index contributed by atoms with van der Waals surface area (Å²) >= 11 is 0. The number of likely N-dealkylation sites (tertiary alicyclic amines) is 1. The molecule has 1 unspecified atom stereocenters. The molecule has 23 heavy (non-hydrogen) atoms. The first-order chi connectivity index (χ1) is 10.5. The van der Waals surface area contributed by atoms with E-state index in [1.54, 1.807) is 0 Å². The summed E-state index contributed by atoms with van der Waals surface area (Å²) in [4.78, 5) is 7.03. The molecule has 5 heteroatoms. The minimum atomic E-state index is 0. The van der Waals surface area contributed by atoms with E-state index in [2.05, 4.69) is 55.0 Å². The highest BCUT2D eigenvalue weighted by Crippen LogP contribution is 2.18. The van der Waals surface area contributed by atoms with Crippen molar-refractivity contribution in [3.8, 4) is 0 Å². The molecule has 0 aliphatic carbocycles. The molecule has 1 aromatic carbocycles. The van der Waals surface area contributed by atoms with Gasteiger partial charge >= 0.3 is 0 Å². The molecule has 1 atom stereocenters.